The lowest BCUT2D eigenvalue weighted by Crippen LogP contribution is -2.43. The summed E-state index contributed by atoms with van der Waals surface area (Å²) in [6.45, 7) is 114. The van der Waals surface area contributed by atoms with Gasteiger partial charge in [-0.05, 0) is 247 Å². The smallest absolute Gasteiger partial charge is 0.416 e. The van der Waals surface area contributed by atoms with Crippen LogP contribution in [0.4, 0.5) is 9.09 Å². The molecule has 2 unspecified atom stereocenters. The molecule has 0 aliphatic heterocycles. The van der Waals surface area contributed by atoms with E-state index in [0.29, 0.717) is 92.1 Å². The van der Waals surface area contributed by atoms with Crippen molar-refractivity contribution in [1.29, 1.82) is 10.5 Å². The van der Waals surface area contributed by atoms with Gasteiger partial charge in [-0.15, -0.1) is 4.52 Å². The first kappa shape index (κ1) is 164. The van der Waals surface area contributed by atoms with E-state index in [1.165, 1.54) is 18.2 Å². The molecule has 0 amide bonds. The van der Waals surface area contributed by atoms with Crippen LogP contribution in [0.2, 0.25) is 97.2 Å². The fourth-order valence-corrected chi connectivity index (χ4v) is 20.6. The van der Waals surface area contributed by atoms with Crippen LogP contribution in [0.3, 0.4) is 0 Å². The van der Waals surface area contributed by atoms with Crippen molar-refractivity contribution in [3.63, 3.8) is 0 Å². The molecule has 0 aromatic carbocycles. The Hall–Kier alpha value is 1.42. The summed E-state index contributed by atoms with van der Waals surface area (Å²) in [6.07, 6.45) is 3.13. The highest BCUT2D eigenvalue weighted by Crippen LogP contribution is 2.51. The molecule has 2 atom stereocenters. The van der Waals surface area contributed by atoms with Crippen molar-refractivity contribution in [3.05, 3.63) is 0 Å². The van der Waals surface area contributed by atoms with Crippen molar-refractivity contribution in [3.8, 4) is 12.1 Å². The summed E-state index contributed by atoms with van der Waals surface area (Å²) in [7, 11) is -2.70. The van der Waals surface area contributed by atoms with Crippen molar-refractivity contribution in [2.45, 2.75) is 333 Å². The number of aliphatic hydroxyl groups excluding tert-OH is 4. The minimum absolute atomic E-state index is 0. The van der Waals surface area contributed by atoms with Crippen LogP contribution < -0.4 is 6.15 Å². The Morgan fingerprint density at radius 3 is 0.766 bits per heavy atom. The highest BCUT2D eigenvalue weighted by Gasteiger charge is 2.41. The van der Waals surface area contributed by atoms with E-state index in [1.807, 2.05) is 66.0 Å². The average Bonchev–Trinajstić information content (AvgIpc) is 0.852. The molecule has 0 radical (unpaired) electrons. The van der Waals surface area contributed by atoms with Gasteiger partial charge in [0.05, 0.1) is 102 Å². The van der Waals surface area contributed by atoms with Crippen molar-refractivity contribution in [2.75, 3.05) is 278 Å². The number of aliphatic hydroxyl groups is 4. The highest BCUT2D eigenvalue weighted by atomic mass is 127. The molecule has 0 heterocycles. The number of halogens is 3. The number of nitriles is 2. The highest BCUT2D eigenvalue weighted by molar-refractivity contribution is 14.1. The first-order valence-corrected chi connectivity index (χ1v) is 77.6. The molecule has 28 nitrogen and oxygen atoms in total. The van der Waals surface area contributed by atoms with Crippen LogP contribution in [-0.4, -0.2) is 419 Å². The number of hydrogen-bond donors (Lipinski definition) is 5. The topological polar surface area (TPSA) is 335 Å². The molecule has 0 rings (SSSR count). The summed E-state index contributed by atoms with van der Waals surface area (Å²) in [6, 6.07) is 6.56. The van der Waals surface area contributed by atoms with Crippen molar-refractivity contribution >= 4 is 110 Å². The van der Waals surface area contributed by atoms with Gasteiger partial charge in [0.1, 0.15) is 0 Å². The minimum Gasteiger partial charge on any atom is -0.416 e. The SMILES string of the molecule is CC(C)(C)[Si](C)(C)C.CC(C)N(C(C)C)P(OCCC#N)N(C(C)C)C(C)C.CC(C)N(C(C)C)P(OCCC#N)OCCN(C)CCP(C)(C)=O.CN(CCI)CCO[Si](C)(C)C(C)(C)C.CN(CCO)CCO.CN(CCO)CCO[Si](C)(C)C(C)(C)C.CN(CCO[Si](C)(C)C(C)(C)C)CCP(C)(C)=O.CN(CCO[Si](C)(C)C(C)(C)C)CCP(C)(C)=O.CO.CO[P+](C)=O.F.N.[2H]CF. The van der Waals surface area contributed by atoms with Gasteiger partial charge in [-0.1, -0.05) is 146 Å². The molecule has 0 aliphatic carbocycles. The largest absolute Gasteiger partial charge is 0.504 e. The van der Waals surface area contributed by atoms with E-state index in [-0.39, 0.29) is 45.8 Å². The predicted octanol–water partition coefficient (Wildman–Crippen LogP) is 24.2. The number of likely N-dealkylation sites (N-methyl/N-ethyl adjacent to an activating group) is 6. The summed E-state index contributed by atoms with van der Waals surface area (Å²) in [5.74, 6) is 0. The van der Waals surface area contributed by atoms with Gasteiger partial charge in [0.2, 0.25) is 0 Å². The van der Waals surface area contributed by atoms with Crippen LogP contribution in [0.25, 0.3) is 0 Å². The molecule has 0 spiro atoms. The second kappa shape index (κ2) is 87.0. The summed E-state index contributed by atoms with van der Waals surface area (Å²) >= 11 is 2.41. The molecule has 0 aliphatic rings. The molecule has 838 valence electrons. The fourth-order valence-electron chi connectivity index (χ4n) is 9.25. The molecule has 0 saturated carbocycles. The summed E-state index contributed by atoms with van der Waals surface area (Å²) < 4.78 is 115. The number of rotatable bonds is 53. The second-order valence-corrected chi connectivity index (χ2v) is 87.1. The van der Waals surface area contributed by atoms with Crippen LogP contribution in [0, 0.1) is 22.7 Å². The molecule has 0 aromatic rings. The summed E-state index contributed by atoms with van der Waals surface area (Å²) in [5.41, 5.74) is 0. The van der Waals surface area contributed by atoms with Gasteiger partial charge in [-0.25, -0.2) is 14.0 Å². The minimum atomic E-state index is -1.97. The van der Waals surface area contributed by atoms with Crippen LogP contribution in [0.15, 0.2) is 0 Å². The maximum atomic E-state index is 11.8. The molecule has 0 fully saturated rings. The van der Waals surface area contributed by atoms with E-state index in [4.69, 9.17) is 63.6 Å². The summed E-state index contributed by atoms with van der Waals surface area (Å²) in [4.78, 5) is 12.9. The van der Waals surface area contributed by atoms with Gasteiger partial charge in [0.15, 0.2) is 48.4 Å². The molecule has 137 heavy (non-hydrogen) atoms. The normalized spacial score (nSPS) is 13.1. The Kier molecular flexibility index (Phi) is 104. The average molecular weight is 2290 g/mol. The first-order chi connectivity index (χ1) is 61.2. The Morgan fingerprint density at radius 1 is 0.401 bits per heavy atom. The molecule has 0 saturated heterocycles. The molecule has 0 aromatic heterocycles. The maximum absolute atomic E-state index is 11.8. The van der Waals surface area contributed by atoms with Crippen LogP contribution in [0.1, 0.15) is 201 Å². The Morgan fingerprint density at radius 2 is 0.591 bits per heavy atom. The zero-order valence-electron chi connectivity index (χ0n) is 100. The fraction of sp³-hybridized carbons (Fsp3) is 0.979. The third-order valence-corrected chi connectivity index (χ3v) is 56.4. The van der Waals surface area contributed by atoms with Gasteiger partial charge < -0.3 is 101 Å². The number of nitrogens with zero attached hydrogens (tertiary/aromatic N) is 11. The lowest BCUT2D eigenvalue weighted by Gasteiger charge is -2.45. The van der Waals surface area contributed by atoms with E-state index in [2.05, 4.69) is 358 Å². The van der Waals surface area contributed by atoms with Crippen LogP contribution in [0.5, 0.6) is 0 Å². The van der Waals surface area contributed by atoms with Crippen molar-refractivity contribution in [2.24, 2.45) is 0 Å². The Bertz CT molecular complexity index is 2900. The van der Waals surface area contributed by atoms with E-state index in [1.54, 1.807) is 0 Å². The van der Waals surface area contributed by atoms with E-state index < -0.39 is 94.9 Å². The monoisotopic (exact) mass is 2290 g/mol. The molecular weight excluding hydrogens is 2060 g/mol. The van der Waals surface area contributed by atoms with Crippen LogP contribution >= 0.6 is 69.0 Å². The lowest BCUT2D eigenvalue weighted by atomic mass is 10.2. The zero-order valence-corrected chi connectivity index (χ0v) is 112. The molecule has 0 bridgehead atoms. The Balaban J connectivity index is -0.000000117. The summed E-state index contributed by atoms with van der Waals surface area (Å²) in [5, 5.41) is 51.6. The standard InChI is InChI=1S/C16H35N3O3P2.C15H32N3OP.2C13H32NO2PSi.C11H26INOSi.C11H27NO2Si.C7H18Si.C5H13NO2.C2H6O2P.CH3F.CH4O.FH.H3N/c1-15(2)19(16(3)4)23(21-12-8-9-17)22-13-10-18(5)11-14-24(6,7)20;1-12(2)17(13(3)4)20(19-11-9-10-16)18(14(5)6)15(7)8;2*1-13(2,3)18(7,8)16-11-9-14(4)10-12-17(5,6)15;1-11(2,3)15(5,6)14-10-9-13(4)8-7-12;1-11(2,3)15(5,6)14-10-8-12(4)7-9-13;1-7(2,3)8(4,5)6;1-6(2-4-7)3-5-8;1-4-5(2)3;2*1-2;;/h15-16H,8,10-14H2,1-7H3;12-15H,9,11H2,1-8H3;2*9-12H2,1-8H3;7-10H2,1-6H3;13H,7-10H2,1-6H3;1-6H3;7-8H,2-5H2,1H3;1-2H3;1H3;2H,1H3;1H;1H3/q;;;;;;;;+1;;;;/i;;;;;;;;;1D;;;. The lowest BCUT2D eigenvalue weighted by molar-refractivity contribution is 0.163. The first-order valence-electron chi connectivity index (χ1n) is 49.4. The van der Waals surface area contributed by atoms with Gasteiger partial charge in [-0.2, -0.15) is 10.5 Å². The Labute approximate surface area is 872 Å². The van der Waals surface area contributed by atoms with Gasteiger partial charge in [0, 0.05) is 179 Å². The maximum Gasteiger partial charge on any atom is 0.504 e. The number of hydrogen-bond acceptors (Lipinski definition) is 28. The van der Waals surface area contributed by atoms with Gasteiger partial charge >= 0.3 is 8.03 Å². The van der Waals surface area contributed by atoms with Gasteiger partial charge in [0.25, 0.3) is 8.53 Å². The van der Waals surface area contributed by atoms with Crippen molar-refractivity contribution < 1.29 is 85.0 Å². The third kappa shape index (κ3) is 100. The molecule has 42 heteroatoms. The molecule has 7 N–H and O–H groups in total. The zero-order chi connectivity index (χ0) is 110. The van der Waals surface area contributed by atoms with E-state index >= 15 is 0 Å². The predicted molar refractivity (Wildman–Crippen MR) is 625 cm³/mol. The van der Waals surface area contributed by atoms with Gasteiger partial charge in [-0.3, -0.25) is 9.09 Å². The van der Waals surface area contributed by atoms with Crippen LogP contribution in [-0.2, 0) is 54.1 Å². The number of alkyl halides is 2. The second-order valence-electron chi connectivity index (χ2n) is 45.6. The molecular formula is C95H232F2IN12O16P6Si5+. The quantitative estimate of drug-likeness (QED) is 0.0124. The van der Waals surface area contributed by atoms with E-state index in [0.717, 1.165) is 117 Å². The third-order valence-electron chi connectivity index (χ3n) is 23.7. The van der Waals surface area contributed by atoms with Crippen molar-refractivity contribution in [1.82, 2.24) is 49.6 Å². The van der Waals surface area contributed by atoms with E-state index in [9.17, 15) is 22.7 Å².